The van der Waals surface area contributed by atoms with Crippen molar-refractivity contribution >= 4 is 202 Å². The molecule has 0 aliphatic carbocycles. The molecule has 6 aromatic carbocycles. The van der Waals surface area contributed by atoms with Crippen molar-refractivity contribution in [2.75, 3.05) is 53.0 Å². The van der Waals surface area contributed by atoms with Crippen LogP contribution in [0.25, 0.3) is 43.7 Å². The third-order valence-electron chi connectivity index (χ3n) is 22.7. The number of nitrogens with two attached hydrogens (primary N) is 2. The number of carboxylic acids is 4. The molecular formula is C94H102ClN21O23S. The number of carboxylic acid groups (broad SMARTS) is 4. The van der Waals surface area contributed by atoms with Crippen LogP contribution < -0.4 is 74.6 Å². The number of nitrogen functional groups attached to an aromatic ring is 1. The molecule has 3 unspecified atom stereocenters. The number of alkyl halides is 1. The number of aromatic amines is 3. The van der Waals surface area contributed by atoms with E-state index in [-0.39, 0.29) is 102 Å². The summed E-state index contributed by atoms with van der Waals surface area (Å²) in [5, 5.41) is 73.6. The number of nitrogens with zero attached hydrogens (tertiary/aromatic N) is 6. The number of carbonyl (C=O) groups excluding carboxylic acids is 13. The highest BCUT2D eigenvalue weighted by Gasteiger charge is 2.42. The van der Waals surface area contributed by atoms with Gasteiger partial charge in [0, 0.05) is 132 Å². The summed E-state index contributed by atoms with van der Waals surface area (Å²) in [6.45, 7) is 8.59. The van der Waals surface area contributed by atoms with E-state index < -0.39 is 181 Å². The van der Waals surface area contributed by atoms with Crippen LogP contribution in [0, 0.1) is 24.2 Å². The number of hydrogen-bond donors (Lipinski definition) is 19. The molecule has 6 heterocycles. The van der Waals surface area contributed by atoms with Gasteiger partial charge in [-0.25, -0.2) is 20.2 Å². The van der Waals surface area contributed by atoms with Gasteiger partial charge >= 0.3 is 29.8 Å². The minimum absolute atomic E-state index is 0.00307. The Morgan fingerprint density at radius 3 is 1.94 bits per heavy atom. The quantitative estimate of drug-likeness (QED) is 0.00304. The standard InChI is InChI=1S/C60H75N17O19S.C34H27ClN4O4/c1-28(2)48(55(90)64-4)72-52(87)31-11-9-30(10-12-31)29(3)75-76-44(80)19-20-77-45(81)24-41(57(77)92)97-27-33(58(93)94)21-40(78)38(22-46(82)83)71-53(88)36(7-5-6-8-42(61)62)69-54(89)39(23-47(84)85)68-43(79)18-17-37(59(95)96)70-51(86)32-13-15-34(16-14-32)65-25-35-26-66-50-49(67-35)56(91)74-60(63)73-50;1-18-7-9-26-20(11-18)13-28(37-26)33(41)36-23-8-10-27-21(12-23)14-29(38-27)34(42)39-17-22(16-35)32-25-6-4-3-5-24(25)31(15-30(32)39)43-19(2)40/h9-16,26,28,33,36-39,41,48,65H,5-8,17-25,27H2,1-4H3,(H3,61,62)(H,64,90)(H,68,79)(H,69,89)(H,70,86)(H,71,88)(H,72,87)(H,76,80)(H,82,83)(H,84,85)(H,93,94)(H,95,96)(H3,63,66,73,74,91);3-15,22,37-38H,16-17H2,1-2H3,(H,36,41)/b75-29-;/t33?,36-,37+,38-,39+,41?,48+;/m1./s1. The lowest BCUT2D eigenvalue weighted by Crippen LogP contribution is -2.56. The number of rotatable bonds is 44. The monoisotopic (exact) mass is 1960 g/mol. The Labute approximate surface area is 805 Å². The number of hydrazone groups is 1. The summed E-state index contributed by atoms with van der Waals surface area (Å²) in [6.07, 6.45) is -3.99. The predicted octanol–water partition coefficient (Wildman–Crippen LogP) is 5.99. The van der Waals surface area contributed by atoms with Crippen LogP contribution in [0.1, 0.15) is 168 Å². The Hall–Kier alpha value is -16.3. The number of ketones is 1. The third-order valence-corrected chi connectivity index (χ3v) is 24.4. The van der Waals surface area contributed by atoms with Crippen molar-refractivity contribution < 1.29 is 107 Å². The number of fused-ring (bicyclic) bond motifs is 6. The summed E-state index contributed by atoms with van der Waals surface area (Å²) < 4.78 is 5.55. The van der Waals surface area contributed by atoms with Crippen LogP contribution in [0.15, 0.2) is 143 Å². The molecule has 44 nitrogen and oxygen atoms in total. The maximum atomic E-state index is 14.0. The number of thioether (sulfide) groups is 1. The molecule has 0 radical (unpaired) electrons. The number of unbranched alkanes of at least 4 members (excludes halogenated alkanes) is 1. The number of aliphatic carboxylic acids is 4. The summed E-state index contributed by atoms with van der Waals surface area (Å²) in [6, 6.07) is 28.2. The number of aromatic nitrogens is 6. The molecule has 140 heavy (non-hydrogen) atoms. The number of aryl methyl sites for hydroxylation is 1. The van der Waals surface area contributed by atoms with E-state index in [2.05, 4.69) is 83.0 Å². The highest BCUT2D eigenvalue weighted by molar-refractivity contribution is 8.00. The van der Waals surface area contributed by atoms with E-state index in [0.717, 1.165) is 48.6 Å². The van der Waals surface area contributed by atoms with Gasteiger partial charge in [0.15, 0.2) is 16.9 Å². The second-order valence-electron chi connectivity index (χ2n) is 33.4. The van der Waals surface area contributed by atoms with Gasteiger partial charge in [0.25, 0.3) is 29.2 Å². The van der Waals surface area contributed by atoms with E-state index in [1.165, 1.54) is 56.6 Å². The fraction of sp³-hybridized carbons (Fsp3) is 0.330. The number of benzene rings is 6. The first-order valence-electron chi connectivity index (χ1n) is 44.0. The molecule has 11 amide bonds. The molecule has 2 aliphatic rings. The number of esters is 1. The Bertz CT molecular complexity index is 6620. The zero-order valence-corrected chi connectivity index (χ0v) is 78.0. The summed E-state index contributed by atoms with van der Waals surface area (Å²) in [5.74, 6) is -18.0. The summed E-state index contributed by atoms with van der Waals surface area (Å²) >= 11 is 7.11. The molecule has 734 valence electrons. The molecule has 10 aromatic rings. The molecular weight excluding hydrogens is 1860 g/mol. The van der Waals surface area contributed by atoms with Crippen molar-refractivity contribution in [2.24, 2.45) is 22.7 Å². The van der Waals surface area contributed by atoms with E-state index in [4.69, 9.17) is 33.2 Å². The summed E-state index contributed by atoms with van der Waals surface area (Å²) in [7, 11) is 1.46. The number of imide groups is 1. The number of Topliss-reactive ketones (excluding diaryl/α,β-unsaturated/α-hetero) is 1. The zero-order chi connectivity index (χ0) is 102. The van der Waals surface area contributed by atoms with Gasteiger partial charge in [0.2, 0.25) is 47.3 Å². The number of nitrogens with one attached hydrogen (secondary N) is 13. The van der Waals surface area contributed by atoms with Gasteiger partial charge in [-0.2, -0.15) is 10.1 Å². The minimum Gasteiger partial charge on any atom is -0.481 e. The second kappa shape index (κ2) is 47.4. The third kappa shape index (κ3) is 27.5. The van der Waals surface area contributed by atoms with Crippen molar-refractivity contribution in [2.45, 2.75) is 153 Å². The van der Waals surface area contributed by atoms with Gasteiger partial charge in [-0.3, -0.25) is 96.8 Å². The Morgan fingerprint density at radius 2 is 1.28 bits per heavy atom. The van der Waals surface area contributed by atoms with Gasteiger partial charge < -0.3 is 94.0 Å². The summed E-state index contributed by atoms with van der Waals surface area (Å²) in [5.41, 5.74) is 20.6. The molecule has 4 aromatic heterocycles. The van der Waals surface area contributed by atoms with E-state index in [1.54, 1.807) is 56.0 Å². The highest BCUT2D eigenvalue weighted by Crippen LogP contribution is 2.46. The fourth-order valence-electron chi connectivity index (χ4n) is 15.4. The number of hydrogen-bond acceptors (Lipinski definition) is 27. The van der Waals surface area contributed by atoms with Crippen LogP contribution in [0.4, 0.5) is 23.0 Å². The number of anilines is 4. The van der Waals surface area contributed by atoms with Crippen LogP contribution in [-0.2, 0) is 68.9 Å². The maximum Gasteiger partial charge on any atom is 0.326 e. The predicted molar refractivity (Wildman–Crippen MR) is 515 cm³/mol. The Balaban J connectivity index is 0.000000357. The lowest BCUT2D eigenvalue weighted by molar-refractivity contribution is -0.144. The molecule has 21 N–H and O–H groups in total. The van der Waals surface area contributed by atoms with E-state index in [9.17, 15) is 107 Å². The molecule has 1 saturated heterocycles. The lowest BCUT2D eigenvalue weighted by atomic mass is 9.95. The van der Waals surface area contributed by atoms with E-state index in [1.807, 2.05) is 67.6 Å². The van der Waals surface area contributed by atoms with Gasteiger partial charge in [0.1, 0.15) is 41.3 Å². The molecule has 0 saturated carbocycles. The van der Waals surface area contributed by atoms with Gasteiger partial charge in [0.05, 0.1) is 65.7 Å². The number of carbonyl (C=O) groups is 17. The van der Waals surface area contributed by atoms with Gasteiger partial charge in [-0.05, 0) is 134 Å². The van der Waals surface area contributed by atoms with Crippen LogP contribution in [0.3, 0.4) is 0 Å². The molecule has 8 atom stereocenters. The number of ether oxygens (including phenoxy) is 1. The average Bonchev–Trinajstić information content (AvgIpc) is 1.57. The van der Waals surface area contributed by atoms with E-state index in [0.29, 0.717) is 75.4 Å². The number of halogens is 1. The number of amidine groups is 1. The largest absolute Gasteiger partial charge is 0.481 e. The van der Waals surface area contributed by atoms with Gasteiger partial charge in [-0.1, -0.05) is 68.3 Å². The smallest absolute Gasteiger partial charge is 0.326 e. The number of amides is 11. The SMILES string of the molecule is CC(=O)Oc1cc2c(c3ccccc13)C(CCl)CN2C(=O)c1cc2cc(NC(=O)c3cc4cc(C)ccc4[nH]3)ccc2[nH]1.CNC(=O)[C@@H](NC(=O)c1ccc(/C(C)=N\NC(=O)CCN2C(=O)CC(SCC(CC(=O)[C@@H](CC(=O)O)NC(=O)[C@@H](CCCCC(=N)N)NC(=O)[C@H](CC(=O)O)NC(=O)CC[C@H](NC(=O)c3ccc(NCc4cnc5nc(N)[nH]c(=O)c5n4)cc3)C(=O)O)C(=O)O)C2=O)cc1)C(C)C. The second-order valence-corrected chi connectivity index (χ2v) is 35.0. The zero-order valence-electron chi connectivity index (χ0n) is 76.4. The highest BCUT2D eigenvalue weighted by atomic mass is 35.5. The van der Waals surface area contributed by atoms with Crippen LogP contribution in [-0.4, -0.2) is 235 Å². The Kier molecular flexibility index (Phi) is 35.3. The molecule has 0 spiro atoms. The van der Waals surface area contributed by atoms with Crippen molar-refractivity contribution in [3.63, 3.8) is 0 Å². The first kappa shape index (κ1) is 104. The summed E-state index contributed by atoms with van der Waals surface area (Å²) in [4.78, 5) is 256. The Morgan fingerprint density at radius 1 is 0.650 bits per heavy atom. The van der Waals surface area contributed by atoms with Crippen LogP contribution in [0.2, 0.25) is 0 Å². The normalized spacial score (nSPS) is 14.6. The first-order valence-corrected chi connectivity index (χ1v) is 45.6. The van der Waals surface area contributed by atoms with Gasteiger partial charge in [-0.15, -0.1) is 23.4 Å². The van der Waals surface area contributed by atoms with Crippen LogP contribution >= 0.6 is 23.4 Å². The molecule has 2 aliphatic heterocycles. The molecule has 1 fully saturated rings. The lowest BCUT2D eigenvalue weighted by Gasteiger charge is -2.25. The first-order chi connectivity index (χ1) is 66.6. The topological polar surface area (TPSA) is 686 Å². The number of likely N-dealkylation sites (N-methyl/N-ethyl adjacent to an activating group) is 1. The number of H-pyrrole nitrogens is 3. The van der Waals surface area contributed by atoms with Crippen LogP contribution in [0.5, 0.6) is 5.75 Å². The van der Waals surface area contributed by atoms with Crippen molar-refractivity contribution in [1.82, 2.24) is 72.1 Å². The fourth-order valence-corrected chi connectivity index (χ4v) is 16.9. The van der Waals surface area contributed by atoms with Crippen molar-refractivity contribution in [3.05, 3.63) is 189 Å². The van der Waals surface area contributed by atoms with Crippen molar-refractivity contribution in [3.8, 4) is 5.75 Å². The maximum absolute atomic E-state index is 14.0. The molecule has 12 rings (SSSR count). The number of likely N-dealkylation sites (tertiary alicyclic amines) is 1. The minimum atomic E-state index is -1.96. The van der Waals surface area contributed by atoms with E-state index >= 15 is 0 Å². The molecule has 0 bridgehead atoms. The molecule has 46 heteroatoms. The average molecular weight is 1960 g/mol. The van der Waals surface area contributed by atoms with Crippen molar-refractivity contribution in [1.29, 1.82) is 5.41 Å².